The predicted octanol–water partition coefficient (Wildman–Crippen LogP) is 1.86. The van der Waals surface area contributed by atoms with Gasteiger partial charge in [-0.2, -0.15) is 0 Å². The molecule has 3 N–H and O–H groups in total. The maximum absolute atomic E-state index is 12.8. The summed E-state index contributed by atoms with van der Waals surface area (Å²) in [5.41, 5.74) is 7.38. The van der Waals surface area contributed by atoms with E-state index < -0.39 is 23.8 Å². The molecule has 6 nitrogen and oxygen atoms in total. The van der Waals surface area contributed by atoms with Crippen LogP contribution in [0.1, 0.15) is 39.2 Å². The lowest BCUT2D eigenvalue weighted by atomic mass is 9.85. The highest BCUT2D eigenvalue weighted by atomic mass is 16.2. The Bertz CT molecular complexity index is 687. The number of para-hydroxylation sites is 1. The fourth-order valence-corrected chi connectivity index (χ4v) is 3.48. The molecule has 0 saturated carbocycles. The second kappa shape index (κ2) is 8.34. The minimum absolute atomic E-state index is 0.140. The first-order chi connectivity index (χ1) is 12.2. The number of fused-ring (bicyclic) bond motifs is 1. The lowest BCUT2D eigenvalue weighted by molar-refractivity contribution is -0.135. The highest BCUT2D eigenvalue weighted by molar-refractivity contribution is 6.00. The van der Waals surface area contributed by atoms with Gasteiger partial charge in [0.2, 0.25) is 17.7 Å². The van der Waals surface area contributed by atoms with Gasteiger partial charge < -0.3 is 16.0 Å². The lowest BCUT2D eigenvalue weighted by Crippen LogP contribution is -2.50. The summed E-state index contributed by atoms with van der Waals surface area (Å²) < 4.78 is 0. The van der Waals surface area contributed by atoms with E-state index in [4.69, 9.17) is 5.73 Å². The fraction of sp³-hybridized carbons (Fsp3) is 0.550. The maximum Gasteiger partial charge on any atom is 0.249 e. The van der Waals surface area contributed by atoms with Gasteiger partial charge in [0.15, 0.2) is 0 Å². The molecule has 1 aliphatic heterocycles. The molecule has 1 aliphatic rings. The van der Waals surface area contributed by atoms with Gasteiger partial charge in [0.25, 0.3) is 0 Å². The van der Waals surface area contributed by atoms with Crippen molar-refractivity contribution in [1.29, 1.82) is 0 Å². The average Bonchev–Trinajstić information content (AvgIpc) is 2.71. The molecule has 2 rings (SSSR count). The Labute approximate surface area is 155 Å². The average molecular weight is 359 g/mol. The van der Waals surface area contributed by atoms with Crippen molar-refractivity contribution >= 4 is 23.4 Å². The molecule has 26 heavy (non-hydrogen) atoms. The smallest absolute Gasteiger partial charge is 0.249 e. The fourth-order valence-electron chi connectivity index (χ4n) is 3.48. The molecule has 2 unspecified atom stereocenters. The third-order valence-electron chi connectivity index (χ3n) is 5.11. The SMILES string of the molecule is CC(C)C[C@@H](C(=O)NC1CCc2ccccc2N(C)C1=O)C(C)C(N)=O. The number of aryl methyl sites for hydroxylation is 1. The van der Waals surface area contributed by atoms with Crippen LogP contribution in [-0.2, 0) is 20.8 Å². The van der Waals surface area contributed by atoms with Crippen molar-refractivity contribution in [2.45, 2.75) is 46.1 Å². The number of hydrogen-bond acceptors (Lipinski definition) is 3. The standard InChI is InChI=1S/C20H29N3O3/c1-12(2)11-15(13(3)18(21)24)19(25)22-16-10-9-14-7-5-6-8-17(14)23(4)20(16)26/h5-8,12-13,15-16H,9-11H2,1-4H3,(H2,21,24)(H,22,25)/t13?,15-,16?/m1/s1. The Hall–Kier alpha value is -2.37. The Kier molecular flexibility index (Phi) is 6.40. The third-order valence-corrected chi connectivity index (χ3v) is 5.11. The van der Waals surface area contributed by atoms with E-state index in [-0.39, 0.29) is 17.7 Å². The van der Waals surface area contributed by atoms with Crippen LogP contribution in [0.5, 0.6) is 0 Å². The summed E-state index contributed by atoms with van der Waals surface area (Å²) in [4.78, 5) is 38.9. The van der Waals surface area contributed by atoms with Crippen molar-refractivity contribution in [1.82, 2.24) is 5.32 Å². The molecule has 3 atom stereocenters. The van der Waals surface area contributed by atoms with Crippen molar-refractivity contribution in [2.75, 3.05) is 11.9 Å². The number of nitrogens with zero attached hydrogens (tertiary/aromatic N) is 1. The predicted molar refractivity (Wildman–Crippen MR) is 101 cm³/mol. The van der Waals surface area contributed by atoms with E-state index in [0.29, 0.717) is 19.3 Å². The topological polar surface area (TPSA) is 92.5 Å². The summed E-state index contributed by atoms with van der Waals surface area (Å²) in [7, 11) is 1.73. The first-order valence-electron chi connectivity index (χ1n) is 9.17. The molecule has 1 aromatic rings. The zero-order chi connectivity index (χ0) is 19.4. The van der Waals surface area contributed by atoms with Crippen LogP contribution in [0.2, 0.25) is 0 Å². The van der Waals surface area contributed by atoms with E-state index in [2.05, 4.69) is 5.32 Å². The maximum atomic E-state index is 12.8. The van der Waals surface area contributed by atoms with Crippen molar-refractivity contribution < 1.29 is 14.4 Å². The van der Waals surface area contributed by atoms with Crippen LogP contribution in [0.4, 0.5) is 5.69 Å². The lowest BCUT2D eigenvalue weighted by Gasteiger charge is -2.27. The zero-order valence-electron chi connectivity index (χ0n) is 16.0. The van der Waals surface area contributed by atoms with Gasteiger partial charge >= 0.3 is 0 Å². The van der Waals surface area contributed by atoms with Crippen LogP contribution in [0, 0.1) is 17.8 Å². The van der Waals surface area contributed by atoms with E-state index in [1.54, 1.807) is 18.9 Å². The van der Waals surface area contributed by atoms with Gasteiger partial charge in [0.05, 0.1) is 0 Å². The number of rotatable bonds is 6. The Morgan fingerprint density at radius 1 is 1.27 bits per heavy atom. The van der Waals surface area contributed by atoms with Crippen LogP contribution in [-0.4, -0.2) is 30.8 Å². The molecule has 3 amide bonds. The van der Waals surface area contributed by atoms with Crippen LogP contribution >= 0.6 is 0 Å². The number of anilines is 1. The van der Waals surface area contributed by atoms with Crippen molar-refractivity contribution in [3.8, 4) is 0 Å². The summed E-state index contributed by atoms with van der Waals surface area (Å²) in [6, 6.07) is 7.15. The van der Waals surface area contributed by atoms with Crippen LogP contribution in [0.3, 0.4) is 0 Å². The van der Waals surface area contributed by atoms with Crippen LogP contribution in [0.25, 0.3) is 0 Å². The van der Waals surface area contributed by atoms with Gasteiger partial charge in [-0.25, -0.2) is 0 Å². The van der Waals surface area contributed by atoms with Crippen LogP contribution < -0.4 is 16.0 Å². The summed E-state index contributed by atoms with van der Waals surface area (Å²) in [6.45, 7) is 5.66. The van der Waals surface area contributed by atoms with Crippen molar-refractivity contribution in [2.24, 2.45) is 23.5 Å². The van der Waals surface area contributed by atoms with E-state index in [1.807, 2.05) is 38.1 Å². The third kappa shape index (κ3) is 4.42. The zero-order valence-corrected chi connectivity index (χ0v) is 16.0. The van der Waals surface area contributed by atoms with Gasteiger partial charge in [0.1, 0.15) is 6.04 Å². The number of nitrogens with one attached hydrogen (secondary N) is 1. The molecule has 1 heterocycles. The molecule has 0 spiro atoms. The highest BCUT2D eigenvalue weighted by Gasteiger charge is 2.34. The number of amides is 3. The second-order valence-electron chi connectivity index (χ2n) is 7.55. The van der Waals surface area contributed by atoms with Crippen molar-refractivity contribution in [3.05, 3.63) is 29.8 Å². The van der Waals surface area contributed by atoms with E-state index >= 15 is 0 Å². The molecule has 1 aromatic carbocycles. The minimum Gasteiger partial charge on any atom is -0.369 e. The van der Waals surface area contributed by atoms with Crippen LogP contribution in [0.15, 0.2) is 24.3 Å². The first-order valence-corrected chi connectivity index (χ1v) is 9.17. The molecule has 0 saturated heterocycles. The van der Waals surface area contributed by atoms with E-state index in [9.17, 15) is 14.4 Å². The molecule has 0 bridgehead atoms. The number of primary amides is 1. The molecule has 0 radical (unpaired) electrons. The van der Waals surface area contributed by atoms with Gasteiger partial charge in [-0.3, -0.25) is 14.4 Å². The first kappa shape index (κ1) is 19.9. The van der Waals surface area contributed by atoms with Gasteiger partial charge in [-0.1, -0.05) is 39.0 Å². The van der Waals surface area contributed by atoms with E-state index in [0.717, 1.165) is 11.3 Å². The van der Waals surface area contributed by atoms with Gasteiger partial charge in [-0.05, 0) is 36.8 Å². The van der Waals surface area contributed by atoms with E-state index in [1.165, 1.54) is 0 Å². The molecule has 0 fully saturated rings. The number of likely N-dealkylation sites (N-methyl/N-ethyl adjacent to an activating group) is 1. The normalized spacial score (nSPS) is 19.5. The summed E-state index contributed by atoms with van der Waals surface area (Å²) in [5, 5.41) is 2.88. The van der Waals surface area contributed by atoms with Gasteiger partial charge in [0, 0.05) is 24.6 Å². The van der Waals surface area contributed by atoms with Gasteiger partial charge in [-0.15, -0.1) is 0 Å². The number of nitrogens with two attached hydrogens (primary N) is 1. The number of hydrogen-bond donors (Lipinski definition) is 2. The molecule has 6 heteroatoms. The summed E-state index contributed by atoms with van der Waals surface area (Å²) in [6.07, 6.45) is 1.79. The Morgan fingerprint density at radius 2 is 1.92 bits per heavy atom. The Morgan fingerprint density at radius 3 is 2.54 bits per heavy atom. The highest BCUT2D eigenvalue weighted by Crippen LogP contribution is 2.26. The molecular formula is C20H29N3O3. The molecule has 0 aliphatic carbocycles. The minimum atomic E-state index is -0.602. The number of benzene rings is 1. The van der Waals surface area contributed by atoms with Crippen molar-refractivity contribution in [3.63, 3.8) is 0 Å². The quantitative estimate of drug-likeness (QED) is 0.812. The largest absolute Gasteiger partial charge is 0.369 e. The Balaban J connectivity index is 2.17. The molecular weight excluding hydrogens is 330 g/mol. The second-order valence-corrected chi connectivity index (χ2v) is 7.55. The summed E-state index contributed by atoms with van der Waals surface area (Å²) in [5.74, 6) is -1.78. The molecule has 142 valence electrons. The number of carbonyl (C=O) groups excluding carboxylic acids is 3. The molecule has 0 aromatic heterocycles. The summed E-state index contributed by atoms with van der Waals surface area (Å²) >= 11 is 0. The number of carbonyl (C=O) groups is 3. The monoisotopic (exact) mass is 359 g/mol.